The first-order valence-electron chi connectivity index (χ1n) is 8.81. The first-order chi connectivity index (χ1) is 11.6. The third-order valence-electron chi connectivity index (χ3n) is 6.15. The molecule has 0 N–H and O–H groups in total. The van der Waals surface area contributed by atoms with Gasteiger partial charge in [0.15, 0.2) is 0 Å². The van der Waals surface area contributed by atoms with Crippen LogP contribution in [0.15, 0.2) is 18.5 Å². The zero-order chi connectivity index (χ0) is 16.3. The van der Waals surface area contributed by atoms with E-state index >= 15 is 0 Å². The molecule has 5 atom stereocenters. The summed E-state index contributed by atoms with van der Waals surface area (Å²) in [5, 5.41) is -0.237. The molecule has 6 rings (SSSR count). The minimum Gasteiger partial charge on any atom is -0.369 e. The SMILES string of the molecule is O=S(=O)([C@@H]1C[C@H]2CC[C@@H]1[C@@H]1O[C@H]21)N1CCN(c2ncccn2)CC1. The monoisotopic (exact) mass is 350 g/mol. The van der Waals surface area contributed by atoms with Crippen molar-refractivity contribution in [1.82, 2.24) is 14.3 Å². The van der Waals surface area contributed by atoms with Crippen LogP contribution in [0.5, 0.6) is 0 Å². The quantitative estimate of drug-likeness (QED) is 0.739. The molecule has 0 amide bonds. The van der Waals surface area contributed by atoms with Crippen LogP contribution in [0.3, 0.4) is 0 Å². The Balaban J connectivity index is 1.29. The number of rotatable bonds is 3. The number of sulfonamides is 1. The van der Waals surface area contributed by atoms with Gasteiger partial charge in [-0.25, -0.2) is 18.4 Å². The molecule has 1 aromatic heterocycles. The van der Waals surface area contributed by atoms with Gasteiger partial charge in [0.05, 0.1) is 17.5 Å². The summed E-state index contributed by atoms with van der Waals surface area (Å²) >= 11 is 0. The number of epoxide rings is 1. The summed E-state index contributed by atoms with van der Waals surface area (Å²) in [6.45, 7) is 2.33. The van der Waals surface area contributed by atoms with Crippen LogP contribution in [0.1, 0.15) is 19.3 Å². The van der Waals surface area contributed by atoms with Crippen LogP contribution in [-0.2, 0) is 14.8 Å². The summed E-state index contributed by atoms with van der Waals surface area (Å²) in [6, 6.07) is 1.79. The van der Waals surface area contributed by atoms with E-state index in [-0.39, 0.29) is 17.3 Å². The smallest absolute Gasteiger partial charge is 0.225 e. The van der Waals surface area contributed by atoms with Gasteiger partial charge in [-0.2, -0.15) is 4.31 Å². The molecule has 1 aromatic rings. The Morgan fingerprint density at radius 2 is 1.79 bits per heavy atom. The van der Waals surface area contributed by atoms with Gasteiger partial charge in [-0.3, -0.25) is 0 Å². The molecule has 24 heavy (non-hydrogen) atoms. The molecule has 2 aliphatic heterocycles. The van der Waals surface area contributed by atoms with Gasteiger partial charge in [-0.1, -0.05) is 0 Å². The summed E-state index contributed by atoms with van der Waals surface area (Å²) in [6.07, 6.45) is 6.95. The minimum absolute atomic E-state index is 0.209. The number of ether oxygens (including phenoxy) is 1. The average molecular weight is 350 g/mol. The van der Waals surface area contributed by atoms with Crippen molar-refractivity contribution in [2.24, 2.45) is 11.8 Å². The lowest BCUT2D eigenvalue weighted by molar-refractivity contribution is 0.214. The van der Waals surface area contributed by atoms with Gasteiger partial charge in [-0.15, -0.1) is 0 Å². The van der Waals surface area contributed by atoms with Gasteiger partial charge in [0.25, 0.3) is 0 Å². The van der Waals surface area contributed by atoms with Crippen molar-refractivity contribution >= 4 is 16.0 Å². The molecule has 7 nitrogen and oxygen atoms in total. The molecule has 8 heteroatoms. The fourth-order valence-corrected chi connectivity index (χ4v) is 7.13. The molecule has 0 unspecified atom stereocenters. The highest BCUT2D eigenvalue weighted by Gasteiger charge is 2.62. The number of hydrogen-bond donors (Lipinski definition) is 0. The Morgan fingerprint density at radius 3 is 2.50 bits per heavy atom. The van der Waals surface area contributed by atoms with Crippen molar-refractivity contribution in [2.45, 2.75) is 36.7 Å². The maximum absolute atomic E-state index is 13.2. The molecule has 5 fully saturated rings. The van der Waals surface area contributed by atoms with Crippen LogP contribution in [-0.4, -0.2) is 66.3 Å². The molecule has 2 saturated heterocycles. The van der Waals surface area contributed by atoms with Crippen molar-refractivity contribution < 1.29 is 13.2 Å². The van der Waals surface area contributed by atoms with Crippen LogP contribution < -0.4 is 4.90 Å². The fraction of sp³-hybridized carbons (Fsp3) is 0.750. The second kappa shape index (κ2) is 5.37. The van der Waals surface area contributed by atoms with Crippen molar-refractivity contribution in [1.29, 1.82) is 0 Å². The third kappa shape index (κ3) is 2.27. The standard InChI is InChI=1S/C16H22N4O3S/c21-24(22,13-10-11-2-3-12(13)15-14(11)23-15)20-8-6-19(7-9-20)16-17-4-1-5-18-16/h1,4-5,11-15H,2-3,6-10H2/t11-,12+,13-,14-,15+/m1/s1. The van der Waals surface area contributed by atoms with E-state index in [1.54, 1.807) is 22.8 Å². The largest absolute Gasteiger partial charge is 0.369 e. The van der Waals surface area contributed by atoms with Crippen molar-refractivity contribution in [3.63, 3.8) is 0 Å². The maximum Gasteiger partial charge on any atom is 0.225 e. The van der Waals surface area contributed by atoms with Gasteiger partial charge >= 0.3 is 0 Å². The van der Waals surface area contributed by atoms with Crippen molar-refractivity contribution in [2.75, 3.05) is 31.1 Å². The Bertz CT molecular complexity index is 720. The van der Waals surface area contributed by atoms with E-state index in [4.69, 9.17) is 4.74 Å². The average Bonchev–Trinajstić information content (AvgIpc) is 3.45. The fourth-order valence-electron chi connectivity index (χ4n) is 4.85. The second-order valence-electron chi connectivity index (χ2n) is 7.32. The van der Waals surface area contributed by atoms with Crippen LogP contribution >= 0.6 is 0 Å². The van der Waals surface area contributed by atoms with E-state index in [1.807, 2.05) is 0 Å². The minimum atomic E-state index is -3.24. The Hall–Kier alpha value is -1.25. The van der Waals surface area contributed by atoms with Crippen LogP contribution in [0.25, 0.3) is 0 Å². The highest BCUT2D eigenvalue weighted by Crippen LogP contribution is 2.54. The van der Waals surface area contributed by atoms with E-state index in [9.17, 15) is 8.42 Å². The number of anilines is 1. The summed E-state index contributed by atoms with van der Waals surface area (Å²) in [5.74, 6) is 1.35. The predicted octanol–water partition coefficient (Wildman–Crippen LogP) is 0.494. The molecule has 130 valence electrons. The molecule has 3 aliphatic carbocycles. The van der Waals surface area contributed by atoms with Gasteiger partial charge < -0.3 is 9.64 Å². The summed E-state index contributed by atoms with van der Waals surface area (Å²) in [5.41, 5.74) is 0. The first kappa shape index (κ1) is 15.0. The number of aromatic nitrogens is 2. The molecule has 3 heterocycles. The summed E-state index contributed by atoms with van der Waals surface area (Å²) in [4.78, 5) is 10.6. The van der Waals surface area contributed by atoms with E-state index in [0.717, 1.165) is 19.3 Å². The number of fused-ring (bicyclic) bond motifs is 2. The van der Waals surface area contributed by atoms with Crippen molar-refractivity contribution in [3.05, 3.63) is 18.5 Å². The predicted molar refractivity (Wildman–Crippen MR) is 88.0 cm³/mol. The van der Waals surface area contributed by atoms with E-state index in [0.29, 0.717) is 44.1 Å². The van der Waals surface area contributed by atoms with Crippen LogP contribution in [0, 0.1) is 11.8 Å². The molecular formula is C16H22N4O3S. The van der Waals surface area contributed by atoms with Gasteiger partial charge in [-0.05, 0) is 31.2 Å². The Kier molecular flexibility index (Phi) is 3.37. The molecule has 0 aromatic carbocycles. The molecule has 3 saturated carbocycles. The molecule has 5 aliphatic rings. The lowest BCUT2D eigenvalue weighted by Crippen LogP contribution is -2.55. The third-order valence-corrected chi connectivity index (χ3v) is 8.54. The Morgan fingerprint density at radius 1 is 1.04 bits per heavy atom. The topological polar surface area (TPSA) is 78.9 Å². The lowest BCUT2D eigenvalue weighted by atomic mass is 9.70. The van der Waals surface area contributed by atoms with Gasteiger partial charge in [0.1, 0.15) is 0 Å². The van der Waals surface area contributed by atoms with Gasteiger partial charge in [0, 0.05) is 44.5 Å². The Labute approximate surface area is 142 Å². The van der Waals surface area contributed by atoms with Crippen LogP contribution in [0.4, 0.5) is 5.95 Å². The molecule has 0 radical (unpaired) electrons. The maximum atomic E-state index is 13.2. The highest BCUT2D eigenvalue weighted by molar-refractivity contribution is 7.89. The van der Waals surface area contributed by atoms with E-state index in [2.05, 4.69) is 14.9 Å². The number of piperazine rings is 1. The first-order valence-corrected chi connectivity index (χ1v) is 10.3. The van der Waals surface area contributed by atoms with Crippen LogP contribution in [0.2, 0.25) is 0 Å². The highest BCUT2D eigenvalue weighted by atomic mass is 32.2. The zero-order valence-corrected chi connectivity index (χ0v) is 14.3. The van der Waals surface area contributed by atoms with E-state index in [1.165, 1.54) is 0 Å². The molecule has 0 spiro atoms. The summed E-state index contributed by atoms with van der Waals surface area (Å²) in [7, 11) is -3.24. The lowest BCUT2D eigenvalue weighted by Gasteiger charge is -2.42. The summed E-state index contributed by atoms with van der Waals surface area (Å²) < 4.78 is 33.8. The second-order valence-corrected chi connectivity index (χ2v) is 9.47. The van der Waals surface area contributed by atoms with Gasteiger partial charge in [0.2, 0.25) is 16.0 Å². The van der Waals surface area contributed by atoms with Crippen molar-refractivity contribution in [3.8, 4) is 0 Å². The normalized spacial score (nSPS) is 38.8. The van der Waals surface area contributed by atoms with E-state index < -0.39 is 10.0 Å². The zero-order valence-electron chi connectivity index (χ0n) is 13.5. The molecule has 2 bridgehead atoms. The molecular weight excluding hydrogens is 328 g/mol. The number of hydrogen-bond acceptors (Lipinski definition) is 6. The number of nitrogens with zero attached hydrogens (tertiary/aromatic N) is 4.